The van der Waals surface area contributed by atoms with Crippen LogP contribution < -0.4 is 18.9 Å². The molecule has 0 atom stereocenters. The summed E-state index contributed by atoms with van der Waals surface area (Å²) in [6.07, 6.45) is 0. The van der Waals surface area contributed by atoms with Crippen LogP contribution in [-0.4, -0.2) is 31.1 Å². The van der Waals surface area contributed by atoms with Gasteiger partial charge in [-0.2, -0.15) is 0 Å². The summed E-state index contributed by atoms with van der Waals surface area (Å²) in [5, 5.41) is 0. The van der Waals surface area contributed by atoms with Crippen LogP contribution >= 0.6 is 0 Å². The Hall–Kier alpha value is -4.02. The number of nitrogens with one attached hydrogen (secondary N) is 2. The molecule has 8 nitrogen and oxygen atoms in total. The van der Waals surface area contributed by atoms with Crippen molar-refractivity contribution in [2.75, 3.05) is 23.7 Å². The fourth-order valence-corrected chi connectivity index (χ4v) is 5.89. The second kappa shape index (κ2) is 10.8. The molecule has 4 aromatic rings. The molecular formula is C28H28N2O6S2. The summed E-state index contributed by atoms with van der Waals surface area (Å²) in [7, 11) is -4.73. The number of methoxy groups -OCH3 is 2. The zero-order chi connectivity index (χ0) is 27.5. The molecule has 0 aromatic heterocycles. The Labute approximate surface area is 223 Å². The van der Waals surface area contributed by atoms with Crippen molar-refractivity contribution >= 4 is 31.4 Å². The molecule has 38 heavy (non-hydrogen) atoms. The van der Waals surface area contributed by atoms with Crippen molar-refractivity contribution < 1.29 is 26.3 Å². The number of ether oxygens (including phenoxy) is 2. The van der Waals surface area contributed by atoms with Crippen molar-refractivity contribution in [3.8, 4) is 22.6 Å². The van der Waals surface area contributed by atoms with Gasteiger partial charge in [-0.15, -0.1) is 0 Å². The molecule has 0 aliphatic rings. The molecule has 0 heterocycles. The van der Waals surface area contributed by atoms with Crippen molar-refractivity contribution in [1.82, 2.24) is 0 Å². The minimum absolute atomic E-state index is 0.141. The number of aryl methyl sites for hydroxylation is 2. The van der Waals surface area contributed by atoms with E-state index in [0.29, 0.717) is 22.6 Å². The number of benzene rings is 4. The molecule has 0 radical (unpaired) electrons. The quantitative estimate of drug-likeness (QED) is 0.280. The SMILES string of the molecule is COc1cc(-c2ccc(NS(=O)(=O)c3ccc(C)cc3)c(OC)c2)ccc1NS(=O)(=O)c1ccc(C)cc1. The standard InChI is InChI=1S/C28H28N2O6S2/c1-19-5-11-23(12-6-19)37(31,32)29-25-15-9-21(17-27(25)35-3)22-10-16-26(28(18-22)36-4)30-38(33,34)24-13-7-20(2)8-14-24/h5-18,29-30H,1-4H3. The maximum Gasteiger partial charge on any atom is 0.262 e. The molecule has 0 unspecified atom stereocenters. The van der Waals surface area contributed by atoms with Crippen LogP contribution in [0, 0.1) is 13.8 Å². The van der Waals surface area contributed by atoms with Gasteiger partial charge in [0.2, 0.25) is 0 Å². The van der Waals surface area contributed by atoms with Crippen molar-refractivity contribution in [3.05, 3.63) is 96.1 Å². The molecule has 0 aliphatic heterocycles. The fraction of sp³-hybridized carbons (Fsp3) is 0.143. The van der Waals surface area contributed by atoms with Crippen LogP contribution in [0.4, 0.5) is 11.4 Å². The van der Waals surface area contributed by atoms with Crippen molar-refractivity contribution in [2.45, 2.75) is 23.6 Å². The molecule has 0 bridgehead atoms. The van der Waals surface area contributed by atoms with Crippen molar-refractivity contribution in [2.24, 2.45) is 0 Å². The smallest absolute Gasteiger partial charge is 0.262 e. The molecular weight excluding hydrogens is 524 g/mol. The maximum atomic E-state index is 12.9. The summed E-state index contributed by atoms with van der Waals surface area (Å²) in [5.41, 5.74) is 3.90. The van der Waals surface area contributed by atoms with E-state index in [1.807, 2.05) is 13.8 Å². The van der Waals surface area contributed by atoms with Crippen LogP contribution in [0.1, 0.15) is 11.1 Å². The van der Waals surface area contributed by atoms with Gasteiger partial charge in [0.25, 0.3) is 20.0 Å². The summed E-state index contributed by atoms with van der Waals surface area (Å²) in [5.74, 6) is 0.641. The predicted octanol–water partition coefficient (Wildman–Crippen LogP) is 5.59. The monoisotopic (exact) mass is 552 g/mol. The van der Waals surface area contributed by atoms with E-state index in [9.17, 15) is 16.8 Å². The summed E-state index contributed by atoms with van der Waals surface area (Å²) in [4.78, 5) is 0.283. The third kappa shape index (κ3) is 5.92. The molecule has 0 amide bonds. The van der Waals surface area contributed by atoms with E-state index in [4.69, 9.17) is 9.47 Å². The van der Waals surface area contributed by atoms with E-state index in [2.05, 4.69) is 9.44 Å². The Bertz CT molecular complexity index is 1540. The molecule has 0 aliphatic carbocycles. The molecule has 0 saturated heterocycles. The van der Waals surface area contributed by atoms with Gasteiger partial charge in [-0.05, 0) is 73.5 Å². The van der Waals surface area contributed by atoms with E-state index in [1.54, 1.807) is 84.9 Å². The summed E-state index contributed by atoms with van der Waals surface area (Å²) in [6.45, 7) is 3.76. The number of anilines is 2. The first-order valence-corrected chi connectivity index (χ1v) is 14.5. The fourth-order valence-electron chi connectivity index (χ4n) is 3.75. The lowest BCUT2D eigenvalue weighted by molar-refractivity contribution is 0.416. The Morgan fingerprint density at radius 2 is 0.868 bits per heavy atom. The van der Waals surface area contributed by atoms with Gasteiger partial charge in [-0.3, -0.25) is 9.44 Å². The minimum atomic E-state index is -3.81. The zero-order valence-corrected chi connectivity index (χ0v) is 23.0. The molecule has 0 spiro atoms. The molecule has 0 saturated carbocycles. The normalized spacial score (nSPS) is 11.6. The van der Waals surface area contributed by atoms with E-state index >= 15 is 0 Å². The highest BCUT2D eigenvalue weighted by Crippen LogP contribution is 2.36. The molecule has 0 fully saturated rings. The van der Waals surface area contributed by atoms with E-state index in [1.165, 1.54) is 14.2 Å². The van der Waals surface area contributed by atoms with Gasteiger partial charge < -0.3 is 9.47 Å². The van der Waals surface area contributed by atoms with Gasteiger partial charge in [-0.25, -0.2) is 16.8 Å². The largest absolute Gasteiger partial charge is 0.495 e. The highest BCUT2D eigenvalue weighted by Gasteiger charge is 2.19. The number of sulfonamides is 2. The Balaban J connectivity index is 1.61. The molecule has 10 heteroatoms. The van der Waals surface area contributed by atoms with Crippen LogP contribution in [0.5, 0.6) is 11.5 Å². The van der Waals surface area contributed by atoms with Crippen LogP contribution in [0.15, 0.2) is 94.7 Å². The minimum Gasteiger partial charge on any atom is -0.495 e. The first kappa shape index (κ1) is 27.0. The van der Waals surface area contributed by atoms with Gasteiger partial charge in [0.05, 0.1) is 35.4 Å². The number of hydrogen-bond donors (Lipinski definition) is 2. The Morgan fingerprint density at radius 1 is 0.526 bits per heavy atom. The van der Waals surface area contributed by atoms with Gasteiger partial charge >= 0.3 is 0 Å². The van der Waals surface area contributed by atoms with E-state index in [0.717, 1.165) is 11.1 Å². The lowest BCUT2D eigenvalue weighted by atomic mass is 10.0. The molecule has 4 aromatic carbocycles. The first-order chi connectivity index (χ1) is 18.0. The summed E-state index contributed by atoms with van der Waals surface area (Å²) < 4.78 is 67.5. The zero-order valence-electron chi connectivity index (χ0n) is 21.3. The van der Waals surface area contributed by atoms with Gasteiger partial charge in [0, 0.05) is 0 Å². The van der Waals surface area contributed by atoms with Crippen LogP contribution in [0.2, 0.25) is 0 Å². The highest BCUT2D eigenvalue weighted by molar-refractivity contribution is 7.93. The lowest BCUT2D eigenvalue weighted by Crippen LogP contribution is -2.14. The average Bonchev–Trinajstić information content (AvgIpc) is 2.89. The van der Waals surface area contributed by atoms with Crippen LogP contribution in [0.25, 0.3) is 11.1 Å². The third-order valence-corrected chi connectivity index (χ3v) is 8.65. The van der Waals surface area contributed by atoms with Gasteiger partial charge in [0.1, 0.15) is 11.5 Å². The second-order valence-electron chi connectivity index (χ2n) is 8.67. The molecule has 2 N–H and O–H groups in total. The molecule has 198 valence electrons. The van der Waals surface area contributed by atoms with Gasteiger partial charge in [-0.1, -0.05) is 47.5 Å². The summed E-state index contributed by atoms with van der Waals surface area (Å²) in [6, 6.07) is 23.2. The third-order valence-electron chi connectivity index (χ3n) is 5.89. The Kier molecular flexibility index (Phi) is 7.66. The first-order valence-electron chi connectivity index (χ1n) is 11.6. The topological polar surface area (TPSA) is 111 Å². The van der Waals surface area contributed by atoms with Crippen LogP contribution in [-0.2, 0) is 20.0 Å². The number of rotatable bonds is 9. The van der Waals surface area contributed by atoms with Crippen molar-refractivity contribution in [1.29, 1.82) is 0 Å². The highest BCUT2D eigenvalue weighted by atomic mass is 32.2. The van der Waals surface area contributed by atoms with E-state index in [-0.39, 0.29) is 21.2 Å². The van der Waals surface area contributed by atoms with Gasteiger partial charge in [0.15, 0.2) is 0 Å². The summed E-state index contributed by atoms with van der Waals surface area (Å²) >= 11 is 0. The van der Waals surface area contributed by atoms with Crippen molar-refractivity contribution in [3.63, 3.8) is 0 Å². The van der Waals surface area contributed by atoms with E-state index < -0.39 is 20.0 Å². The van der Waals surface area contributed by atoms with Crippen LogP contribution in [0.3, 0.4) is 0 Å². The lowest BCUT2D eigenvalue weighted by Gasteiger charge is -2.15. The maximum absolute atomic E-state index is 12.9. The molecule has 4 rings (SSSR count). The second-order valence-corrected chi connectivity index (χ2v) is 12.0. The Morgan fingerprint density at radius 3 is 1.18 bits per heavy atom. The predicted molar refractivity (Wildman–Crippen MR) is 149 cm³/mol. The number of hydrogen-bond acceptors (Lipinski definition) is 6. The average molecular weight is 553 g/mol.